The van der Waals surface area contributed by atoms with Crippen molar-refractivity contribution >= 4 is 0 Å². The molecule has 1 heteroatoms. The molecule has 0 aromatic heterocycles. The normalized spacial score (nSPS) is 10.7. The Hall–Kier alpha value is -3.32. The lowest BCUT2D eigenvalue weighted by atomic mass is 10.0. The molecule has 4 aromatic rings. The van der Waals surface area contributed by atoms with Crippen LogP contribution in [0.1, 0.15) is 33.4 Å². The second-order valence-corrected chi connectivity index (χ2v) is 7.65. The molecule has 0 atom stereocenters. The van der Waals surface area contributed by atoms with E-state index in [9.17, 15) is 0 Å². The van der Waals surface area contributed by atoms with Gasteiger partial charge in [-0.15, -0.1) is 0 Å². The molecule has 4 aromatic carbocycles. The number of aryl methyl sites for hydroxylation is 2. The number of hydrogen-bond acceptors (Lipinski definition) is 1. The third kappa shape index (κ3) is 4.94. The van der Waals surface area contributed by atoms with Crippen LogP contribution >= 0.6 is 0 Å². The van der Waals surface area contributed by atoms with Crippen LogP contribution in [-0.4, -0.2) is 0 Å². The van der Waals surface area contributed by atoms with E-state index in [0.29, 0.717) is 0 Å². The maximum atomic E-state index is 6.45. The first-order chi connectivity index (χ1) is 14.2. The van der Waals surface area contributed by atoms with Crippen LogP contribution in [0.5, 0.6) is 11.5 Å². The van der Waals surface area contributed by atoms with Crippen LogP contribution < -0.4 is 4.74 Å². The van der Waals surface area contributed by atoms with Gasteiger partial charge in [0.1, 0.15) is 11.5 Å². The fraction of sp³-hybridized carbons (Fsp3) is 0.143. The van der Waals surface area contributed by atoms with Crippen molar-refractivity contribution < 1.29 is 4.74 Å². The number of ether oxygens (including phenoxy) is 1. The molecule has 0 bridgehead atoms. The Bertz CT molecular complexity index is 1020. The second kappa shape index (κ2) is 8.79. The van der Waals surface area contributed by atoms with E-state index < -0.39 is 0 Å². The van der Waals surface area contributed by atoms with Gasteiger partial charge in [-0.25, -0.2) is 0 Å². The average Bonchev–Trinajstić information content (AvgIpc) is 2.71. The third-order valence-corrected chi connectivity index (χ3v) is 5.12. The fourth-order valence-electron chi connectivity index (χ4n) is 3.70. The molecule has 0 aliphatic carbocycles. The molecule has 29 heavy (non-hydrogen) atoms. The summed E-state index contributed by atoms with van der Waals surface area (Å²) in [4.78, 5) is 0. The molecule has 0 saturated heterocycles. The fourth-order valence-corrected chi connectivity index (χ4v) is 3.70. The van der Waals surface area contributed by atoms with Crippen molar-refractivity contribution in [3.05, 3.63) is 130 Å². The van der Waals surface area contributed by atoms with Crippen LogP contribution in [0.4, 0.5) is 0 Å². The van der Waals surface area contributed by atoms with Crippen molar-refractivity contribution in [1.29, 1.82) is 0 Å². The van der Waals surface area contributed by atoms with Gasteiger partial charge in [-0.1, -0.05) is 96.1 Å². The van der Waals surface area contributed by atoms with E-state index in [1.807, 2.05) is 12.1 Å². The maximum Gasteiger partial charge on any atom is 0.130 e. The molecular formula is C28H26O. The van der Waals surface area contributed by atoms with Crippen LogP contribution in [0.2, 0.25) is 0 Å². The van der Waals surface area contributed by atoms with Gasteiger partial charge in [0.15, 0.2) is 0 Å². The van der Waals surface area contributed by atoms with E-state index in [0.717, 1.165) is 24.3 Å². The first-order valence-electron chi connectivity index (χ1n) is 10.1. The van der Waals surface area contributed by atoms with E-state index in [-0.39, 0.29) is 0 Å². The zero-order valence-corrected chi connectivity index (χ0v) is 17.1. The Morgan fingerprint density at radius 1 is 0.517 bits per heavy atom. The molecule has 0 radical (unpaired) electrons. The molecule has 144 valence electrons. The molecule has 0 aliphatic rings. The molecular weight excluding hydrogens is 352 g/mol. The van der Waals surface area contributed by atoms with Gasteiger partial charge in [-0.2, -0.15) is 0 Å². The van der Waals surface area contributed by atoms with E-state index in [2.05, 4.69) is 98.8 Å². The average molecular weight is 379 g/mol. The smallest absolute Gasteiger partial charge is 0.130 e. The zero-order valence-electron chi connectivity index (χ0n) is 17.1. The van der Waals surface area contributed by atoms with Gasteiger partial charge in [-0.05, 0) is 48.2 Å². The monoisotopic (exact) mass is 378 g/mol. The van der Waals surface area contributed by atoms with Crippen LogP contribution in [-0.2, 0) is 12.8 Å². The molecule has 0 aliphatic heterocycles. The number of rotatable bonds is 6. The Morgan fingerprint density at radius 2 is 0.966 bits per heavy atom. The zero-order chi connectivity index (χ0) is 20.1. The van der Waals surface area contributed by atoms with Gasteiger partial charge in [0.25, 0.3) is 0 Å². The molecule has 0 amide bonds. The molecule has 0 fully saturated rings. The van der Waals surface area contributed by atoms with E-state index in [1.165, 1.54) is 33.4 Å². The van der Waals surface area contributed by atoms with Crippen LogP contribution in [0.3, 0.4) is 0 Å². The molecule has 0 unspecified atom stereocenters. The minimum atomic E-state index is 0.859. The van der Waals surface area contributed by atoms with Crippen LogP contribution in [0.15, 0.2) is 97.1 Å². The summed E-state index contributed by atoms with van der Waals surface area (Å²) in [6.45, 7) is 4.26. The van der Waals surface area contributed by atoms with Gasteiger partial charge < -0.3 is 4.74 Å². The van der Waals surface area contributed by atoms with Crippen molar-refractivity contribution in [2.45, 2.75) is 26.7 Å². The number of hydrogen-bond donors (Lipinski definition) is 0. The van der Waals surface area contributed by atoms with Gasteiger partial charge in [0, 0.05) is 12.8 Å². The lowest BCUT2D eigenvalue weighted by molar-refractivity contribution is 0.472. The van der Waals surface area contributed by atoms with Crippen molar-refractivity contribution in [3.63, 3.8) is 0 Å². The van der Waals surface area contributed by atoms with Gasteiger partial charge in [0.2, 0.25) is 0 Å². The standard InChI is InChI=1S/C28H26O/c1-21-9-7-11-23(17-21)19-25-13-3-5-15-27(25)29-28-16-6-4-14-26(28)20-24-12-8-10-22(2)18-24/h3-18H,19-20H2,1-2H3. The Balaban J connectivity index is 1.60. The van der Waals surface area contributed by atoms with Crippen LogP contribution in [0, 0.1) is 13.8 Å². The topological polar surface area (TPSA) is 9.23 Å². The highest BCUT2D eigenvalue weighted by Crippen LogP contribution is 2.31. The van der Waals surface area contributed by atoms with E-state index >= 15 is 0 Å². The summed E-state index contributed by atoms with van der Waals surface area (Å²) in [6, 6.07) is 34.0. The van der Waals surface area contributed by atoms with Gasteiger partial charge in [0.05, 0.1) is 0 Å². The van der Waals surface area contributed by atoms with Crippen molar-refractivity contribution in [3.8, 4) is 11.5 Å². The second-order valence-electron chi connectivity index (χ2n) is 7.65. The highest BCUT2D eigenvalue weighted by molar-refractivity contribution is 5.45. The lowest BCUT2D eigenvalue weighted by Crippen LogP contribution is -1.97. The maximum absolute atomic E-state index is 6.45. The predicted octanol–water partition coefficient (Wildman–Crippen LogP) is 7.28. The largest absolute Gasteiger partial charge is 0.457 e. The van der Waals surface area contributed by atoms with Crippen molar-refractivity contribution in [2.75, 3.05) is 0 Å². The third-order valence-electron chi connectivity index (χ3n) is 5.12. The van der Waals surface area contributed by atoms with Crippen molar-refractivity contribution in [1.82, 2.24) is 0 Å². The summed E-state index contributed by atoms with van der Waals surface area (Å²) in [6.07, 6.45) is 1.72. The SMILES string of the molecule is Cc1cccc(Cc2ccccc2Oc2ccccc2Cc2cccc(C)c2)c1. The molecule has 0 saturated carbocycles. The highest BCUT2D eigenvalue weighted by atomic mass is 16.5. The Labute approximate surface area is 173 Å². The molecule has 4 rings (SSSR count). The number of para-hydroxylation sites is 2. The minimum Gasteiger partial charge on any atom is -0.457 e. The minimum absolute atomic E-state index is 0.859. The van der Waals surface area contributed by atoms with E-state index in [4.69, 9.17) is 4.74 Å². The van der Waals surface area contributed by atoms with Gasteiger partial charge in [-0.3, -0.25) is 0 Å². The molecule has 0 spiro atoms. The highest BCUT2D eigenvalue weighted by Gasteiger charge is 2.10. The van der Waals surface area contributed by atoms with Crippen molar-refractivity contribution in [2.24, 2.45) is 0 Å². The first-order valence-corrected chi connectivity index (χ1v) is 10.1. The number of benzene rings is 4. The Morgan fingerprint density at radius 3 is 1.41 bits per heavy atom. The molecule has 1 nitrogen and oxygen atoms in total. The molecule has 0 heterocycles. The molecule has 0 N–H and O–H groups in total. The predicted molar refractivity (Wildman–Crippen MR) is 121 cm³/mol. The van der Waals surface area contributed by atoms with Gasteiger partial charge >= 0.3 is 0 Å². The van der Waals surface area contributed by atoms with E-state index in [1.54, 1.807) is 0 Å². The summed E-state index contributed by atoms with van der Waals surface area (Å²) in [5.74, 6) is 1.84. The Kier molecular flexibility index (Phi) is 5.76. The summed E-state index contributed by atoms with van der Waals surface area (Å²) in [7, 11) is 0. The summed E-state index contributed by atoms with van der Waals surface area (Å²) in [5, 5.41) is 0. The van der Waals surface area contributed by atoms with Crippen LogP contribution in [0.25, 0.3) is 0 Å². The summed E-state index contributed by atoms with van der Waals surface area (Å²) >= 11 is 0. The first kappa shape index (κ1) is 19.0. The summed E-state index contributed by atoms with van der Waals surface area (Å²) < 4.78 is 6.45. The summed E-state index contributed by atoms with van der Waals surface area (Å²) in [5.41, 5.74) is 7.56. The quantitative estimate of drug-likeness (QED) is 0.342. The lowest BCUT2D eigenvalue weighted by Gasteiger charge is -2.15.